The zero-order chi connectivity index (χ0) is 16.2. The van der Waals surface area contributed by atoms with Gasteiger partial charge in [0.25, 0.3) is 5.91 Å². The van der Waals surface area contributed by atoms with Crippen molar-refractivity contribution in [3.05, 3.63) is 46.2 Å². The van der Waals surface area contributed by atoms with Crippen LogP contribution in [0.1, 0.15) is 34.9 Å². The van der Waals surface area contributed by atoms with Crippen LogP contribution in [0.25, 0.3) is 0 Å². The average molecular weight is 379 g/mol. The first-order valence-corrected chi connectivity index (χ1v) is 8.44. The maximum Gasteiger partial charge on any atom is 0.272 e. The Morgan fingerprint density at radius 3 is 3.09 bits per heavy atom. The number of hydrogen-bond acceptors (Lipinski definition) is 4. The van der Waals surface area contributed by atoms with Gasteiger partial charge in [-0.3, -0.25) is 9.48 Å². The lowest BCUT2D eigenvalue weighted by atomic mass is 10.1. The summed E-state index contributed by atoms with van der Waals surface area (Å²) < 4.78 is 2.48. The Balaban J connectivity index is 1.59. The van der Waals surface area contributed by atoms with Crippen molar-refractivity contribution in [3.63, 3.8) is 0 Å². The molecule has 1 unspecified atom stereocenters. The third-order valence-electron chi connectivity index (χ3n) is 3.95. The Hall–Kier alpha value is -1.86. The topological polar surface area (TPSA) is 79.2 Å². The monoisotopic (exact) mass is 378 g/mol. The van der Waals surface area contributed by atoms with E-state index in [0.29, 0.717) is 22.8 Å². The van der Waals surface area contributed by atoms with Crippen LogP contribution in [0.15, 0.2) is 34.9 Å². The number of phenols is 1. The maximum atomic E-state index is 12.2. The van der Waals surface area contributed by atoms with Gasteiger partial charge in [0.05, 0.1) is 10.5 Å². The predicted molar refractivity (Wildman–Crippen MR) is 90.3 cm³/mol. The molecular weight excluding hydrogens is 360 g/mol. The minimum Gasteiger partial charge on any atom is -0.507 e. The van der Waals surface area contributed by atoms with E-state index in [0.717, 1.165) is 31.5 Å². The molecule has 1 aromatic carbocycles. The van der Waals surface area contributed by atoms with E-state index in [9.17, 15) is 9.90 Å². The van der Waals surface area contributed by atoms with Crippen molar-refractivity contribution in [2.24, 2.45) is 0 Å². The lowest BCUT2D eigenvalue weighted by Crippen LogP contribution is -2.32. The summed E-state index contributed by atoms with van der Waals surface area (Å²) in [6.07, 6.45) is 4.07. The lowest BCUT2D eigenvalue weighted by molar-refractivity contribution is 0.0944. The van der Waals surface area contributed by atoms with Gasteiger partial charge in [0.2, 0.25) is 0 Å². The van der Waals surface area contributed by atoms with Crippen molar-refractivity contribution >= 4 is 21.8 Å². The number of nitrogens with zero attached hydrogens (tertiary/aromatic N) is 2. The second-order valence-corrected chi connectivity index (χ2v) is 6.50. The summed E-state index contributed by atoms with van der Waals surface area (Å²) in [5.41, 5.74) is 1.33. The quantitative estimate of drug-likeness (QED) is 0.761. The van der Waals surface area contributed by atoms with E-state index in [-0.39, 0.29) is 11.7 Å². The number of hydrogen-bond donors (Lipinski definition) is 3. The van der Waals surface area contributed by atoms with Crippen LogP contribution in [0.5, 0.6) is 5.75 Å². The van der Waals surface area contributed by atoms with Crippen molar-refractivity contribution in [1.29, 1.82) is 0 Å². The molecular formula is C16H19BrN4O2. The molecule has 0 spiro atoms. The first kappa shape index (κ1) is 16.0. The Kier molecular flexibility index (Phi) is 4.97. The number of carbonyl (C=O) groups is 1. The van der Waals surface area contributed by atoms with Gasteiger partial charge in [-0.05, 0) is 59.1 Å². The van der Waals surface area contributed by atoms with Crippen molar-refractivity contribution in [2.75, 3.05) is 13.1 Å². The van der Waals surface area contributed by atoms with Crippen LogP contribution in [0.4, 0.5) is 0 Å². The number of piperidine rings is 1. The molecule has 1 fully saturated rings. The summed E-state index contributed by atoms with van der Waals surface area (Å²) >= 11 is 3.26. The molecule has 3 rings (SSSR count). The summed E-state index contributed by atoms with van der Waals surface area (Å²) in [5, 5.41) is 20.1. The molecule has 1 aliphatic rings. The van der Waals surface area contributed by atoms with Crippen LogP contribution in [-0.4, -0.2) is 33.9 Å². The van der Waals surface area contributed by atoms with E-state index in [1.807, 2.05) is 10.9 Å². The molecule has 6 nitrogen and oxygen atoms in total. The van der Waals surface area contributed by atoms with Gasteiger partial charge in [0.1, 0.15) is 11.4 Å². The van der Waals surface area contributed by atoms with E-state index >= 15 is 0 Å². The number of benzene rings is 1. The van der Waals surface area contributed by atoms with Gasteiger partial charge in [-0.25, -0.2) is 0 Å². The van der Waals surface area contributed by atoms with Crippen LogP contribution in [-0.2, 0) is 6.54 Å². The molecule has 7 heteroatoms. The molecule has 1 amide bonds. The largest absolute Gasteiger partial charge is 0.507 e. The first-order chi connectivity index (χ1) is 11.1. The maximum absolute atomic E-state index is 12.2. The second kappa shape index (κ2) is 7.14. The van der Waals surface area contributed by atoms with Crippen molar-refractivity contribution < 1.29 is 9.90 Å². The molecule has 1 saturated heterocycles. The van der Waals surface area contributed by atoms with E-state index < -0.39 is 0 Å². The van der Waals surface area contributed by atoms with Crippen molar-refractivity contribution in [3.8, 4) is 5.75 Å². The lowest BCUT2D eigenvalue weighted by Gasteiger charge is -2.22. The molecule has 1 atom stereocenters. The van der Waals surface area contributed by atoms with Gasteiger partial charge < -0.3 is 15.7 Å². The molecule has 1 aliphatic heterocycles. The molecule has 3 N–H and O–H groups in total. The fourth-order valence-corrected chi connectivity index (χ4v) is 3.08. The van der Waals surface area contributed by atoms with Crippen LogP contribution in [0.2, 0.25) is 0 Å². The smallest absolute Gasteiger partial charge is 0.272 e. The fourth-order valence-electron chi connectivity index (χ4n) is 2.65. The van der Waals surface area contributed by atoms with Crippen LogP contribution in [0.3, 0.4) is 0 Å². The molecule has 2 aromatic rings. The molecule has 2 heterocycles. The van der Waals surface area contributed by atoms with Gasteiger partial charge in [0, 0.05) is 19.3 Å². The van der Waals surface area contributed by atoms with Crippen LogP contribution < -0.4 is 10.6 Å². The summed E-state index contributed by atoms with van der Waals surface area (Å²) in [4.78, 5) is 12.2. The molecule has 122 valence electrons. The molecule has 0 bridgehead atoms. The minimum atomic E-state index is -0.197. The summed E-state index contributed by atoms with van der Waals surface area (Å²) in [6.45, 7) is 2.33. The van der Waals surface area contributed by atoms with E-state index in [1.165, 1.54) is 0 Å². The van der Waals surface area contributed by atoms with Gasteiger partial charge in [-0.2, -0.15) is 5.10 Å². The Morgan fingerprint density at radius 1 is 1.48 bits per heavy atom. The Labute approximate surface area is 143 Å². The zero-order valence-electron chi connectivity index (χ0n) is 12.6. The number of aromatic hydroxyl groups is 1. The number of carbonyl (C=O) groups excluding carboxylic acids is 1. The van der Waals surface area contributed by atoms with E-state index in [2.05, 4.69) is 31.7 Å². The number of halogens is 1. The highest BCUT2D eigenvalue weighted by Crippen LogP contribution is 2.24. The third kappa shape index (κ3) is 3.92. The standard InChI is InChI=1S/C16H19BrN4O2/c17-13-8-11(3-4-15(13)22)9-19-16(23)14-5-7-21(20-14)12-2-1-6-18-10-12/h3-5,7-8,12,18,22H,1-2,6,9-10H2,(H,19,23). The number of aromatic nitrogens is 2. The fraction of sp³-hybridized carbons (Fsp3) is 0.375. The summed E-state index contributed by atoms with van der Waals surface area (Å²) in [7, 11) is 0. The SMILES string of the molecule is O=C(NCc1ccc(O)c(Br)c1)c1ccn(C2CCCNC2)n1. The molecule has 0 saturated carbocycles. The number of rotatable bonds is 4. The average Bonchev–Trinajstić information content (AvgIpc) is 3.06. The first-order valence-electron chi connectivity index (χ1n) is 7.65. The van der Waals surface area contributed by atoms with E-state index in [4.69, 9.17) is 0 Å². The minimum absolute atomic E-state index is 0.180. The highest BCUT2D eigenvalue weighted by molar-refractivity contribution is 9.10. The Bertz CT molecular complexity index is 695. The Morgan fingerprint density at radius 2 is 2.35 bits per heavy atom. The molecule has 0 radical (unpaired) electrons. The highest BCUT2D eigenvalue weighted by Gasteiger charge is 2.17. The van der Waals surface area contributed by atoms with E-state index in [1.54, 1.807) is 24.3 Å². The second-order valence-electron chi connectivity index (χ2n) is 5.65. The molecule has 23 heavy (non-hydrogen) atoms. The van der Waals surface area contributed by atoms with Crippen molar-refractivity contribution in [1.82, 2.24) is 20.4 Å². The third-order valence-corrected chi connectivity index (χ3v) is 4.59. The number of nitrogens with one attached hydrogen (secondary N) is 2. The number of amides is 1. The van der Waals surface area contributed by atoms with Gasteiger partial charge in [0.15, 0.2) is 0 Å². The van der Waals surface area contributed by atoms with Gasteiger partial charge >= 0.3 is 0 Å². The van der Waals surface area contributed by atoms with Crippen LogP contribution in [0, 0.1) is 0 Å². The van der Waals surface area contributed by atoms with Crippen molar-refractivity contribution in [2.45, 2.75) is 25.4 Å². The number of phenolic OH excluding ortho intramolecular Hbond substituents is 1. The van der Waals surface area contributed by atoms with Gasteiger partial charge in [-0.15, -0.1) is 0 Å². The summed E-state index contributed by atoms with van der Waals surface area (Å²) in [6, 6.07) is 7.21. The predicted octanol–water partition coefficient (Wildman–Crippen LogP) is 2.21. The summed E-state index contributed by atoms with van der Waals surface area (Å²) in [5.74, 6) is -0.0170. The zero-order valence-corrected chi connectivity index (χ0v) is 14.2. The highest BCUT2D eigenvalue weighted by atomic mass is 79.9. The van der Waals surface area contributed by atoms with Gasteiger partial charge in [-0.1, -0.05) is 6.07 Å². The molecule has 1 aromatic heterocycles. The van der Waals surface area contributed by atoms with Crippen LogP contribution >= 0.6 is 15.9 Å². The molecule has 0 aliphatic carbocycles. The normalized spacial score (nSPS) is 17.9.